The van der Waals surface area contributed by atoms with Crippen LogP contribution >= 0.6 is 11.3 Å². The van der Waals surface area contributed by atoms with Gasteiger partial charge in [-0.2, -0.15) is 0 Å². The fraction of sp³-hybridized carbons (Fsp3) is 0.700. The summed E-state index contributed by atoms with van der Waals surface area (Å²) in [6.45, 7) is 2.14. The summed E-state index contributed by atoms with van der Waals surface area (Å²) < 4.78 is 6.27. The van der Waals surface area contributed by atoms with E-state index in [1.165, 1.54) is 11.3 Å². The minimum absolute atomic E-state index is 0.0621. The molecule has 26 heavy (non-hydrogen) atoms. The number of thiazole rings is 1. The van der Waals surface area contributed by atoms with Gasteiger partial charge in [-0.05, 0) is 50.4 Å². The van der Waals surface area contributed by atoms with Crippen molar-refractivity contribution in [1.29, 1.82) is 0 Å². The first-order valence-electron chi connectivity index (χ1n) is 9.77. The Balaban J connectivity index is 1.50. The van der Waals surface area contributed by atoms with Crippen molar-refractivity contribution < 1.29 is 19.7 Å². The van der Waals surface area contributed by atoms with Crippen LogP contribution < -0.4 is 0 Å². The second-order valence-electron chi connectivity index (χ2n) is 7.48. The maximum absolute atomic E-state index is 11.0. The molecule has 6 heteroatoms. The van der Waals surface area contributed by atoms with Gasteiger partial charge in [0.05, 0.1) is 12.2 Å². The van der Waals surface area contributed by atoms with E-state index in [0.717, 1.165) is 56.4 Å². The Labute approximate surface area is 159 Å². The van der Waals surface area contributed by atoms with Crippen LogP contribution in [-0.4, -0.2) is 33.4 Å². The lowest BCUT2D eigenvalue weighted by Gasteiger charge is -2.33. The lowest BCUT2D eigenvalue weighted by atomic mass is 9.86. The third-order valence-corrected chi connectivity index (χ3v) is 6.55. The van der Waals surface area contributed by atoms with Crippen LogP contribution in [0.2, 0.25) is 0 Å². The highest BCUT2D eigenvalue weighted by atomic mass is 32.1. The fourth-order valence-electron chi connectivity index (χ4n) is 4.17. The lowest BCUT2D eigenvalue weighted by molar-refractivity contribution is -0.0763. The molecule has 2 heterocycles. The molecule has 1 saturated heterocycles. The van der Waals surface area contributed by atoms with Crippen molar-refractivity contribution in [2.45, 2.75) is 76.6 Å². The van der Waals surface area contributed by atoms with Gasteiger partial charge in [0, 0.05) is 5.38 Å². The zero-order valence-electron chi connectivity index (χ0n) is 15.3. The quantitative estimate of drug-likeness (QED) is 0.646. The number of allylic oxidation sites excluding steroid dienone is 1. The topological polar surface area (TPSA) is 79.7 Å². The monoisotopic (exact) mass is 379 g/mol. The summed E-state index contributed by atoms with van der Waals surface area (Å²) >= 11 is 1.38. The summed E-state index contributed by atoms with van der Waals surface area (Å²) in [5.74, 6) is 0.0905. The van der Waals surface area contributed by atoms with Gasteiger partial charge in [0.15, 0.2) is 5.69 Å². The molecule has 2 N–H and O–H groups in total. The third kappa shape index (κ3) is 4.72. The van der Waals surface area contributed by atoms with Crippen LogP contribution in [0.25, 0.3) is 0 Å². The van der Waals surface area contributed by atoms with E-state index in [9.17, 15) is 9.90 Å². The van der Waals surface area contributed by atoms with E-state index in [0.29, 0.717) is 11.8 Å². The molecule has 2 fully saturated rings. The van der Waals surface area contributed by atoms with Gasteiger partial charge >= 0.3 is 5.97 Å². The number of ether oxygens (including phenoxy) is 1. The molecular weight excluding hydrogens is 350 g/mol. The largest absolute Gasteiger partial charge is 0.476 e. The summed E-state index contributed by atoms with van der Waals surface area (Å²) in [5, 5.41) is 21.4. The van der Waals surface area contributed by atoms with E-state index < -0.39 is 5.97 Å². The van der Waals surface area contributed by atoms with Crippen LogP contribution in [-0.2, 0) is 4.74 Å². The summed E-state index contributed by atoms with van der Waals surface area (Å²) in [6.07, 6.45) is 12.4. The molecular formula is C20H29NO4S. The van der Waals surface area contributed by atoms with Crippen molar-refractivity contribution in [3.63, 3.8) is 0 Å². The van der Waals surface area contributed by atoms with Crippen molar-refractivity contribution in [2.24, 2.45) is 11.8 Å². The van der Waals surface area contributed by atoms with Gasteiger partial charge in [0.1, 0.15) is 11.1 Å². The Morgan fingerprint density at radius 2 is 2.27 bits per heavy atom. The number of hydrogen-bond acceptors (Lipinski definition) is 5. The summed E-state index contributed by atoms with van der Waals surface area (Å²) in [6, 6.07) is 0. The molecule has 5 atom stereocenters. The van der Waals surface area contributed by atoms with Crippen LogP contribution in [0.3, 0.4) is 0 Å². The highest BCUT2D eigenvalue weighted by Gasteiger charge is 2.41. The Bertz CT molecular complexity index is 629. The molecule has 0 radical (unpaired) electrons. The second kappa shape index (κ2) is 9.11. The zero-order valence-corrected chi connectivity index (χ0v) is 16.2. The fourth-order valence-corrected chi connectivity index (χ4v) is 5.04. The van der Waals surface area contributed by atoms with E-state index in [-0.39, 0.29) is 24.0 Å². The number of hydrogen-bond donors (Lipinski definition) is 2. The second-order valence-corrected chi connectivity index (χ2v) is 8.37. The maximum Gasteiger partial charge on any atom is 0.355 e. The summed E-state index contributed by atoms with van der Waals surface area (Å²) in [5.41, 5.74) is 0.115. The predicted molar refractivity (Wildman–Crippen MR) is 101 cm³/mol. The average molecular weight is 380 g/mol. The lowest BCUT2D eigenvalue weighted by Crippen LogP contribution is -2.29. The molecule has 2 aliphatic rings. The number of aliphatic hydroxyl groups excluding tert-OH is 1. The van der Waals surface area contributed by atoms with Gasteiger partial charge in [0.2, 0.25) is 0 Å². The highest BCUT2D eigenvalue weighted by Crippen LogP contribution is 2.46. The molecule has 3 rings (SSSR count). The van der Waals surface area contributed by atoms with Crippen molar-refractivity contribution in [3.8, 4) is 0 Å². The van der Waals surface area contributed by atoms with Crippen molar-refractivity contribution in [2.75, 3.05) is 0 Å². The van der Waals surface area contributed by atoms with Crippen LogP contribution in [0.5, 0.6) is 0 Å². The van der Waals surface area contributed by atoms with Gasteiger partial charge in [-0.15, -0.1) is 11.3 Å². The van der Waals surface area contributed by atoms with Crippen molar-refractivity contribution in [1.82, 2.24) is 4.98 Å². The average Bonchev–Trinajstić information content (AvgIpc) is 3.27. The zero-order chi connectivity index (χ0) is 18.5. The SMILES string of the molecule is CCCCC(O)C/C=C/C1CCC2OC(c3nc(C(=O)O)cs3)CC[C@H]12. The Kier molecular flexibility index (Phi) is 6.84. The number of rotatable bonds is 8. The number of aromatic carboxylic acids is 1. The Hall–Kier alpha value is -1.24. The van der Waals surface area contributed by atoms with Gasteiger partial charge in [-0.1, -0.05) is 31.9 Å². The number of carbonyl (C=O) groups is 1. The molecule has 1 saturated carbocycles. The normalized spacial score (nSPS) is 29.8. The van der Waals surface area contributed by atoms with E-state index in [2.05, 4.69) is 24.1 Å². The minimum atomic E-state index is -0.978. The van der Waals surface area contributed by atoms with E-state index in [1.54, 1.807) is 5.38 Å². The number of aliphatic hydroxyl groups is 1. The van der Waals surface area contributed by atoms with E-state index in [1.807, 2.05) is 0 Å². The summed E-state index contributed by atoms with van der Waals surface area (Å²) in [7, 11) is 0. The van der Waals surface area contributed by atoms with Crippen molar-refractivity contribution >= 4 is 17.3 Å². The number of nitrogens with zero attached hydrogens (tertiary/aromatic N) is 1. The smallest absolute Gasteiger partial charge is 0.355 e. The highest BCUT2D eigenvalue weighted by molar-refractivity contribution is 7.09. The molecule has 0 spiro atoms. The molecule has 1 aliphatic carbocycles. The predicted octanol–water partition coefficient (Wildman–Crippen LogP) is 4.59. The first kappa shape index (κ1) is 19.5. The minimum Gasteiger partial charge on any atom is -0.476 e. The molecule has 1 aliphatic heterocycles. The van der Waals surface area contributed by atoms with Crippen LogP contribution in [0, 0.1) is 11.8 Å². The van der Waals surface area contributed by atoms with Gasteiger partial charge in [-0.25, -0.2) is 9.78 Å². The molecule has 5 nitrogen and oxygen atoms in total. The molecule has 0 bridgehead atoms. The molecule has 0 amide bonds. The van der Waals surface area contributed by atoms with Crippen LogP contribution in [0.4, 0.5) is 0 Å². The van der Waals surface area contributed by atoms with Gasteiger partial charge in [0.25, 0.3) is 0 Å². The first-order valence-corrected chi connectivity index (χ1v) is 10.6. The van der Waals surface area contributed by atoms with Crippen LogP contribution in [0.1, 0.15) is 79.9 Å². The van der Waals surface area contributed by atoms with Crippen molar-refractivity contribution in [3.05, 3.63) is 28.2 Å². The first-order chi connectivity index (χ1) is 12.6. The molecule has 1 aromatic rings. The number of carboxylic acid groups (broad SMARTS) is 1. The maximum atomic E-state index is 11.0. The Morgan fingerprint density at radius 1 is 1.42 bits per heavy atom. The molecule has 1 aromatic heterocycles. The summed E-state index contributed by atoms with van der Waals surface area (Å²) in [4.78, 5) is 15.2. The number of fused-ring (bicyclic) bond motifs is 1. The number of carboxylic acids is 1. The molecule has 4 unspecified atom stereocenters. The number of aromatic nitrogens is 1. The van der Waals surface area contributed by atoms with E-state index in [4.69, 9.17) is 9.84 Å². The van der Waals surface area contributed by atoms with Crippen LogP contribution in [0.15, 0.2) is 17.5 Å². The standard InChI is InChI=1S/C20H29NO4S/c1-2-3-6-14(22)7-4-5-13-8-10-17-15(13)9-11-18(25-17)19-21-16(12-26-19)20(23)24/h4-5,12-15,17-18,22H,2-3,6-11H2,1H3,(H,23,24)/b5-4+/t13?,14?,15-,17?,18?/m1/s1. The molecule has 0 aromatic carbocycles. The molecule has 144 valence electrons. The van der Waals surface area contributed by atoms with Gasteiger partial charge < -0.3 is 14.9 Å². The third-order valence-electron chi connectivity index (χ3n) is 5.61. The van der Waals surface area contributed by atoms with E-state index >= 15 is 0 Å². The number of unbranched alkanes of at least 4 members (excludes halogenated alkanes) is 1. The Morgan fingerprint density at radius 3 is 3.00 bits per heavy atom. The van der Waals surface area contributed by atoms with Gasteiger partial charge in [-0.3, -0.25) is 0 Å².